The molecular weight excluding hydrogens is 200 g/mol. The van der Waals surface area contributed by atoms with E-state index in [-0.39, 0.29) is 16.9 Å². The molecule has 0 fully saturated rings. The summed E-state index contributed by atoms with van der Waals surface area (Å²) in [6.07, 6.45) is 0. The van der Waals surface area contributed by atoms with Crippen molar-refractivity contribution < 1.29 is 13.6 Å². The lowest BCUT2D eigenvalue weighted by atomic mass is 10.1. The number of aromatic amines is 1. The summed E-state index contributed by atoms with van der Waals surface area (Å²) in [7, 11) is 0. The van der Waals surface area contributed by atoms with Gasteiger partial charge in [-0.15, -0.1) is 0 Å². The van der Waals surface area contributed by atoms with E-state index in [1.54, 1.807) is 0 Å². The van der Waals surface area contributed by atoms with Gasteiger partial charge < -0.3 is 4.98 Å². The molecule has 0 aliphatic rings. The first-order valence-corrected chi connectivity index (χ1v) is 4.49. The average molecular weight is 209 g/mol. The average Bonchev–Trinajstić information content (AvgIpc) is 2.59. The van der Waals surface area contributed by atoms with Gasteiger partial charge in [0, 0.05) is 23.9 Å². The van der Waals surface area contributed by atoms with Crippen LogP contribution in [0.15, 0.2) is 12.1 Å². The maximum Gasteiger partial charge on any atom is 0.175 e. The molecular formula is C11H9F2NO. The van der Waals surface area contributed by atoms with E-state index in [1.807, 2.05) is 0 Å². The lowest BCUT2D eigenvalue weighted by molar-refractivity contribution is 0.101. The van der Waals surface area contributed by atoms with E-state index >= 15 is 0 Å². The molecule has 1 N–H and O–H groups in total. The van der Waals surface area contributed by atoms with Crippen LogP contribution in [0.25, 0.3) is 10.9 Å². The molecule has 0 spiro atoms. The number of rotatable bonds is 1. The predicted molar refractivity (Wildman–Crippen MR) is 53.0 cm³/mol. The Morgan fingerprint density at radius 3 is 2.53 bits per heavy atom. The molecule has 0 bridgehead atoms. The van der Waals surface area contributed by atoms with Crippen molar-refractivity contribution in [3.05, 3.63) is 35.0 Å². The summed E-state index contributed by atoms with van der Waals surface area (Å²) >= 11 is 0. The number of aryl methyl sites for hydroxylation is 1. The number of carbonyl (C=O) groups is 1. The molecule has 0 aliphatic heterocycles. The monoisotopic (exact) mass is 209 g/mol. The second kappa shape index (κ2) is 3.15. The number of fused-ring (bicyclic) bond motifs is 1. The largest absolute Gasteiger partial charge is 0.352 e. The molecule has 0 saturated carbocycles. The zero-order chi connectivity index (χ0) is 11.2. The summed E-state index contributed by atoms with van der Waals surface area (Å²) in [4.78, 5) is 13.8. The number of carbonyl (C=O) groups excluding carboxylic acids is 1. The van der Waals surface area contributed by atoms with Gasteiger partial charge in [0.25, 0.3) is 0 Å². The van der Waals surface area contributed by atoms with Gasteiger partial charge in [0.05, 0.1) is 11.2 Å². The van der Waals surface area contributed by atoms with E-state index in [0.29, 0.717) is 11.1 Å². The Bertz CT molecular complexity index is 557. The quantitative estimate of drug-likeness (QED) is 0.719. The van der Waals surface area contributed by atoms with E-state index in [2.05, 4.69) is 4.98 Å². The fraction of sp³-hybridized carbons (Fsp3) is 0.182. The Hall–Kier alpha value is -1.71. The van der Waals surface area contributed by atoms with Gasteiger partial charge in [-0.3, -0.25) is 4.79 Å². The number of ketones is 1. The molecule has 0 aliphatic carbocycles. The van der Waals surface area contributed by atoms with Crippen molar-refractivity contribution >= 4 is 16.7 Å². The van der Waals surface area contributed by atoms with Gasteiger partial charge in [0.1, 0.15) is 11.6 Å². The highest BCUT2D eigenvalue weighted by Crippen LogP contribution is 2.24. The highest BCUT2D eigenvalue weighted by molar-refractivity contribution is 5.98. The normalized spacial score (nSPS) is 10.9. The molecule has 0 unspecified atom stereocenters. The fourth-order valence-electron chi connectivity index (χ4n) is 1.55. The van der Waals surface area contributed by atoms with E-state index in [1.165, 1.54) is 19.9 Å². The van der Waals surface area contributed by atoms with E-state index in [9.17, 15) is 13.6 Å². The molecule has 1 aromatic heterocycles. The summed E-state index contributed by atoms with van der Waals surface area (Å²) in [5.74, 6) is -1.47. The Balaban J connectivity index is 2.85. The van der Waals surface area contributed by atoms with Crippen molar-refractivity contribution in [3.8, 4) is 0 Å². The number of Topliss-reactive ketones (excluding diaryl/α,β-unsaturated/α-hetero) is 1. The Morgan fingerprint density at radius 2 is 1.93 bits per heavy atom. The molecule has 2 aromatic rings. The van der Waals surface area contributed by atoms with Gasteiger partial charge in [-0.25, -0.2) is 8.78 Å². The van der Waals surface area contributed by atoms with Crippen LogP contribution in [0.3, 0.4) is 0 Å². The van der Waals surface area contributed by atoms with Gasteiger partial charge in [0.15, 0.2) is 5.78 Å². The lowest BCUT2D eigenvalue weighted by Crippen LogP contribution is -1.91. The van der Waals surface area contributed by atoms with Crippen LogP contribution < -0.4 is 0 Å². The zero-order valence-electron chi connectivity index (χ0n) is 8.32. The minimum absolute atomic E-state index is 0.203. The van der Waals surface area contributed by atoms with Crippen LogP contribution in [-0.4, -0.2) is 10.8 Å². The van der Waals surface area contributed by atoms with Crippen LogP contribution in [0, 0.1) is 18.6 Å². The second-order valence-electron chi connectivity index (χ2n) is 3.49. The predicted octanol–water partition coefficient (Wildman–Crippen LogP) is 2.96. The number of aromatic nitrogens is 1. The fourth-order valence-corrected chi connectivity index (χ4v) is 1.55. The van der Waals surface area contributed by atoms with E-state index in [4.69, 9.17) is 0 Å². The Morgan fingerprint density at radius 1 is 1.27 bits per heavy atom. The number of benzene rings is 1. The minimum Gasteiger partial charge on any atom is -0.352 e. The van der Waals surface area contributed by atoms with Crippen LogP contribution in [0.1, 0.15) is 23.0 Å². The maximum absolute atomic E-state index is 13.3. The molecule has 0 atom stereocenters. The van der Waals surface area contributed by atoms with Crippen molar-refractivity contribution in [2.75, 3.05) is 0 Å². The van der Waals surface area contributed by atoms with E-state index < -0.39 is 11.6 Å². The number of halogens is 2. The first-order chi connectivity index (χ1) is 7.00. The van der Waals surface area contributed by atoms with Gasteiger partial charge >= 0.3 is 0 Å². The Labute approximate surface area is 84.9 Å². The smallest absolute Gasteiger partial charge is 0.175 e. The molecule has 2 rings (SSSR count). The SMILES string of the molecule is CC(=O)c1cc2c(F)cc(F)c(C)c2[nH]1. The second-order valence-corrected chi connectivity index (χ2v) is 3.49. The summed E-state index contributed by atoms with van der Waals surface area (Å²) < 4.78 is 26.5. The highest BCUT2D eigenvalue weighted by Gasteiger charge is 2.13. The lowest BCUT2D eigenvalue weighted by Gasteiger charge is -1.99. The van der Waals surface area contributed by atoms with Crippen LogP contribution in [0.2, 0.25) is 0 Å². The molecule has 1 aromatic carbocycles. The first-order valence-electron chi connectivity index (χ1n) is 4.49. The molecule has 78 valence electrons. The molecule has 1 heterocycles. The number of H-pyrrole nitrogens is 1. The molecule has 2 nitrogen and oxygen atoms in total. The van der Waals surface area contributed by atoms with Crippen LogP contribution in [-0.2, 0) is 0 Å². The molecule has 15 heavy (non-hydrogen) atoms. The third-order valence-corrected chi connectivity index (χ3v) is 2.44. The number of nitrogens with one attached hydrogen (secondary N) is 1. The van der Waals surface area contributed by atoms with Gasteiger partial charge in [-0.1, -0.05) is 0 Å². The molecule has 0 saturated heterocycles. The van der Waals surface area contributed by atoms with Crippen molar-refractivity contribution in [1.29, 1.82) is 0 Å². The van der Waals surface area contributed by atoms with Crippen molar-refractivity contribution in [2.24, 2.45) is 0 Å². The minimum atomic E-state index is -0.656. The van der Waals surface area contributed by atoms with Crippen molar-refractivity contribution in [1.82, 2.24) is 4.98 Å². The summed E-state index contributed by atoms with van der Waals surface area (Å²) in [6.45, 7) is 2.91. The number of hydrogen-bond acceptors (Lipinski definition) is 1. The Kier molecular flexibility index (Phi) is 2.07. The molecule has 4 heteroatoms. The third-order valence-electron chi connectivity index (χ3n) is 2.44. The first kappa shape index (κ1) is 9.83. The summed E-state index contributed by atoms with van der Waals surface area (Å²) in [6, 6.07) is 2.23. The summed E-state index contributed by atoms with van der Waals surface area (Å²) in [5.41, 5.74) is 0.953. The van der Waals surface area contributed by atoms with Crippen LogP contribution >= 0.6 is 0 Å². The van der Waals surface area contributed by atoms with Gasteiger partial charge in [-0.05, 0) is 13.0 Å². The van der Waals surface area contributed by atoms with Crippen molar-refractivity contribution in [2.45, 2.75) is 13.8 Å². The maximum atomic E-state index is 13.3. The molecule has 0 amide bonds. The summed E-state index contributed by atoms with van der Waals surface area (Å²) in [5, 5.41) is 0.249. The van der Waals surface area contributed by atoms with Crippen LogP contribution in [0.5, 0.6) is 0 Å². The van der Waals surface area contributed by atoms with Gasteiger partial charge in [0.2, 0.25) is 0 Å². The molecule has 0 radical (unpaired) electrons. The van der Waals surface area contributed by atoms with Gasteiger partial charge in [-0.2, -0.15) is 0 Å². The third kappa shape index (κ3) is 1.42. The zero-order valence-corrected chi connectivity index (χ0v) is 8.32. The standard InChI is InChI=1S/C11H9F2NO/c1-5-8(12)4-9(13)7-3-10(6(2)15)14-11(5)7/h3-4,14H,1-2H3. The highest BCUT2D eigenvalue weighted by atomic mass is 19.1. The number of hydrogen-bond donors (Lipinski definition) is 1. The van der Waals surface area contributed by atoms with Crippen molar-refractivity contribution in [3.63, 3.8) is 0 Å². The van der Waals surface area contributed by atoms with Crippen LogP contribution in [0.4, 0.5) is 8.78 Å². The van der Waals surface area contributed by atoms with E-state index in [0.717, 1.165) is 6.07 Å². The topological polar surface area (TPSA) is 32.9 Å².